The van der Waals surface area contributed by atoms with Crippen molar-refractivity contribution in [2.24, 2.45) is 0 Å². The van der Waals surface area contributed by atoms with Crippen LogP contribution in [0.2, 0.25) is 0 Å². The number of anilines is 4. The van der Waals surface area contributed by atoms with Gasteiger partial charge in [0.25, 0.3) is 0 Å². The van der Waals surface area contributed by atoms with Gasteiger partial charge >= 0.3 is 0 Å². The quantitative estimate of drug-likeness (QED) is 0.855. The molecule has 0 bridgehead atoms. The fourth-order valence-electron chi connectivity index (χ4n) is 2.62. The Morgan fingerprint density at radius 1 is 0.571 bits per heavy atom. The van der Waals surface area contributed by atoms with Crippen LogP contribution in [0, 0.1) is 6.92 Å². The van der Waals surface area contributed by atoms with Crippen LogP contribution < -0.4 is 19.6 Å². The Balaban J connectivity index is 0.00000400. The molecule has 1 rings (SSSR count). The molecule has 21 heavy (non-hydrogen) atoms. The maximum absolute atomic E-state index is 10.6. The van der Waals surface area contributed by atoms with Crippen molar-refractivity contribution in [3.8, 4) is 5.75 Å². The number of phenols is 1. The van der Waals surface area contributed by atoms with Crippen LogP contribution in [0.3, 0.4) is 0 Å². The van der Waals surface area contributed by atoms with E-state index in [0.29, 0.717) is 5.75 Å². The minimum atomic E-state index is 0. The van der Waals surface area contributed by atoms with E-state index in [9.17, 15) is 5.11 Å². The van der Waals surface area contributed by atoms with Crippen molar-refractivity contribution >= 4 is 22.7 Å². The van der Waals surface area contributed by atoms with E-state index in [1.807, 2.05) is 68.2 Å². The van der Waals surface area contributed by atoms with Crippen molar-refractivity contribution in [3.05, 3.63) is 5.56 Å². The van der Waals surface area contributed by atoms with Crippen molar-refractivity contribution in [1.29, 1.82) is 0 Å². The maximum atomic E-state index is 10.6. The number of rotatable bonds is 4. The molecule has 0 saturated carbocycles. The third-order valence-electron chi connectivity index (χ3n) is 3.40. The van der Waals surface area contributed by atoms with Gasteiger partial charge in [-0.05, 0) is 6.92 Å². The monoisotopic (exact) mass is 328 g/mol. The third-order valence-corrected chi connectivity index (χ3v) is 3.40. The van der Waals surface area contributed by atoms with Gasteiger partial charge in [-0.15, -0.1) is 0 Å². The summed E-state index contributed by atoms with van der Waals surface area (Å²) in [5.74, 6) is 0.341. The molecule has 118 valence electrons. The molecule has 0 aliphatic rings. The van der Waals surface area contributed by atoms with Crippen molar-refractivity contribution in [2.75, 3.05) is 76.0 Å². The average Bonchev–Trinajstić information content (AvgIpc) is 2.29. The smallest absolute Gasteiger partial charge is 0.146 e. The van der Waals surface area contributed by atoms with Gasteiger partial charge in [-0.3, -0.25) is 0 Å². The minimum Gasteiger partial charge on any atom is -0.505 e. The van der Waals surface area contributed by atoms with Gasteiger partial charge in [0.05, 0.1) is 17.1 Å². The average molecular weight is 328 g/mol. The summed E-state index contributed by atoms with van der Waals surface area (Å²) in [4.78, 5) is 8.17. The van der Waals surface area contributed by atoms with E-state index >= 15 is 0 Å². The second kappa shape index (κ2) is 7.27. The Kier molecular flexibility index (Phi) is 6.91. The second-order valence-electron chi connectivity index (χ2n) is 5.95. The Labute approximate surface area is 144 Å². The summed E-state index contributed by atoms with van der Waals surface area (Å²) in [6, 6.07) is 0. The van der Waals surface area contributed by atoms with E-state index in [1.54, 1.807) is 0 Å². The first-order valence-corrected chi connectivity index (χ1v) is 6.70. The fraction of sp³-hybridized carbons (Fsp3) is 0.600. The molecule has 0 heterocycles. The van der Waals surface area contributed by atoms with Gasteiger partial charge < -0.3 is 24.7 Å². The molecule has 0 fully saturated rings. The van der Waals surface area contributed by atoms with Gasteiger partial charge in [0.2, 0.25) is 0 Å². The first kappa shape index (κ1) is 19.9. The fourth-order valence-corrected chi connectivity index (χ4v) is 2.62. The maximum Gasteiger partial charge on any atom is 0.146 e. The molecule has 0 aromatic heterocycles. The van der Waals surface area contributed by atoms with E-state index in [4.69, 9.17) is 0 Å². The van der Waals surface area contributed by atoms with E-state index in [1.165, 1.54) is 0 Å². The molecule has 0 spiro atoms. The minimum absolute atomic E-state index is 0. The third kappa shape index (κ3) is 3.58. The molecule has 5 nitrogen and oxygen atoms in total. The molecule has 0 amide bonds. The van der Waals surface area contributed by atoms with Crippen molar-refractivity contribution in [2.45, 2.75) is 6.92 Å². The Morgan fingerprint density at radius 2 is 0.857 bits per heavy atom. The molecular weight excluding hydrogens is 300 g/mol. The van der Waals surface area contributed by atoms with E-state index in [-0.39, 0.29) is 21.7 Å². The van der Waals surface area contributed by atoms with Gasteiger partial charge in [0.15, 0.2) is 0 Å². The number of benzene rings is 1. The second-order valence-corrected chi connectivity index (χ2v) is 5.95. The summed E-state index contributed by atoms with van der Waals surface area (Å²) in [6.07, 6.45) is 0. The zero-order valence-electron chi connectivity index (χ0n) is 14.7. The van der Waals surface area contributed by atoms with Crippen LogP contribution >= 0.6 is 0 Å². The zero-order chi connectivity index (χ0) is 15.8. The first-order chi connectivity index (χ1) is 9.11. The van der Waals surface area contributed by atoms with Gasteiger partial charge in [-0.1, -0.05) is 0 Å². The molecule has 1 aromatic rings. The predicted octanol–water partition coefficient (Wildman–Crippen LogP) is 1.96. The molecule has 0 radical (unpaired) electrons. The molecular formula is C15H28N4OTi. The first-order valence-electron chi connectivity index (χ1n) is 6.70. The van der Waals surface area contributed by atoms with Gasteiger partial charge in [0, 0.05) is 83.7 Å². The summed E-state index contributed by atoms with van der Waals surface area (Å²) < 4.78 is 0. The molecule has 0 aliphatic carbocycles. The Morgan fingerprint density at radius 3 is 1.14 bits per heavy atom. The van der Waals surface area contributed by atoms with E-state index in [2.05, 4.69) is 14.7 Å². The molecule has 1 N–H and O–H groups in total. The zero-order valence-corrected chi connectivity index (χ0v) is 16.3. The van der Waals surface area contributed by atoms with Gasteiger partial charge in [-0.25, -0.2) is 0 Å². The molecule has 0 unspecified atom stereocenters. The van der Waals surface area contributed by atoms with Crippen LogP contribution in [0.25, 0.3) is 0 Å². The Hall–Kier alpha value is -1.07. The summed E-state index contributed by atoms with van der Waals surface area (Å²) in [6.45, 7) is 1.96. The number of hydrogen-bond donors (Lipinski definition) is 1. The molecule has 6 heteroatoms. The van der Waals surface area contributed by atoms with Crippen molar-refractivity contribution < 1.29 is 26.8 Å². The molecule has 1 aromatic carbocycles. The van der Waals surface area contributed by atoms with Crippen LogP contribution in [0.15, 0.2) is 0 Å². The van der Waals surface area contributed by atoms with E-state index in [0.717, 1.165) is 28.3 Å². The number of aromatic hydroxyl groups is 1. The van der Waals surface area contributed by atoms with Crippen LogP contribution in [0.5, 0.6) is 5.75 Å². The van der Waals surface area contributed by atoms with Crippen LogP contribution in [0.1, 0.15) is 5.56 Å². The summed E-state index contributed by atoms with van der Waals surface area (Å²) in [7, 11) is 16.0. The summed E-state index contributed by atoms with van der Waals surface area (Å²) in [5, 5.41) is 10.6. The predicted molar refractivity (Wildman–Crippen MR) is 90.2 cm³/mol. The summed E-state index contributed by atoms with van der Waals surface area (Å²) in [5.41, 5.74) is 4.92. The SMILES string of the molecule is Cc1c(O)c(N(C)C)c(N(C)C)c(N(C)C)c1N(C)C.[Ti]. The van der Waals surface area contributed by atoms with Crippen molar-refractivity contribution in [1.82, 2.24) is 0 Å². The Bertz CT molecular complexity index is 454. The van der Waals surface area contributed by atoms with Gasteiger partial charge in [0.1, 0.15) is 11.4 Å². The largest absolute Gasteiger partial charge is 0.505 e. The van der Waals surface area contributed by atoms with E-state index < -0.39 is 0 Å². The van der Waals surface area contributed by atoms with Crippen LogP contribution in [-0.4, -0.2) is 61.5 Å². The number of hydrogen-bond acceptors (Lipinski definition) is 5. The van der Waals surface area contributed by atoms with Crippen LogP contribution in [0.4, 0.5) is 22.7 Å². The van der Waals surface area contributed by atoms with Gasteiger partial charge in [-0.2, -0.15) is 0 Å². The number of phenolic OH excluding ortho intramolecular Hbond substituents is 1. The van der Waals surface area contributed by atoms with Crippen LogP contribution in [-0.2, 0) is 21.7 Å². The normalized spacial score (nSPS) is 9.95. The number of nitrogens with zero attached hydrogens (tertiary/aromatic N) is 4. The topological polar surface area (TPSA) is 33.2 Å². The standard InChI is InChI=1S/C15H28N4O.Ti/c1-10-11(16(2)3)12(17(4)5)13(18(6)7)14(15(10)20)19(8)9;/h20H,1-9H3;. The molecule has 0 aliphatic heterocycles. The summed E-state index contributed by atoms with van der Waals surface area (Å²) >= 11 is 0. The van der Waals surface area contributed by atoms with Crippen molar-refractivity contribution in [3.63, 3.8) is 0 Å². The molecule has 0 saturated heterocycles. The molecule has 0 atom stereocenters.